The van der Waals surface area contributed by atoms with Crippen molar-refractivity contribution in [3.05, 3.63) is 65.9 Å². The molecule has 1 amide bonds. The van der Waals surface area contributed by atoms with E-state index in [0.29, 0.717) is 30.6 Å². The zero-order valence-corrected chi connectivity index (χ0v) is 19.7. The van der Waals surface area contributed by atoms with Gasteiger partial charge in [-0.1, -0.05) is 43.4 Å². The largest absolute Gasteiger partial charge is 0.496 e. The summed E-state index contributed by atoms with van der Waals surface area (Å²) in [6.07, 6.45) is 13.0. The Balaban J connectivity index is 2.31. The molecule has 0 saturated heterocycles. The van der Waals surface area contributed by atoms with Gasteiger partial charge in [0.2, 0.25) is 5.91 Å². The number of methoxy groups -OCH3 is 2. The van der Waals surface area contributed by atoms with Crippen molar-refractivity contribution in [1.29, 1.82) is 0 Å². The quantitative estimate of drug-likeness (QED) is 0.364. The van der Waals surface area contributed by atoms with Gasteiger partial charge in [-0.2, -0.15) is 0 Å². The molecule has 1 aromatic rings. The lowest BCUT2D eigenvalue weighted by atomic mass is 9.93. The van der Waals surface area contributed by atoms with Crippen molar-refractivity contribution in [2.75, 3.05) is 21.3 Å². The van der Waals surface area contributed by atoms with E-state index in [-0.39, 0.29) is 17.9 Å². The van der Waals surface area contributed by atoms with Crippen molar-refractivity contribution in [1.82, 2.24) is 4.90 Å². The summed E-state index contributed by atoms with van der Waals surface area (Å²) < 4.78 is 17.2. The molecule has 3 unspecified atom stereocenters. The van der Waals surface area contributed by atoms with Crippen LogP contribution in [0.2, 0.25) is 0 Å². The summed E-state index contributed by atoms with van der Waals surface area (Å²) in [5.41, 5.74) is 1.32. The molecule has 6 nitrogen and oxygen atoms in total. The van der Waals surface area contributed by atoms with Crippen LogP contribution in [0.3, 0.4) is 0 Å². The number of amides is 1. The Labute approximate surface area is 191 Å². The molecule has 0 bridgehead atoms. The molecule has 1 aliphatic rings. The smallest absolute Gasteiger partial charge is 0.342 e. The van der Waals surface area contributed by atoms with Gasteiger partial charge in [-0.05, 0) is 43.4 Å². The standard InChI is InChI=1S/C26H35NO5/c1-6-11-24(28)27(3)17-10-15-21-18-23(31-5)19(2)12-7-8-13-20-14-9-16-22(30-4)25(20)26(29)32-21/h6-11,14,16-17,19,21,23H,12-13,15,18H2,1-5H3/b8-7+,11-6-,17-10+. The fourth-order valence-corrected chi connectivity index (χ4v) is 3.75. The molecular formula is C26H35NO5. The Morgan fingerprint density at radius 3 is 2.75 bits per heavy atom. The molecular weight excluding hydrogens is 406 g/mol. The van der Waals surface area contributed by atoms with E-state index < -0.39 is 12.1 Å². The average Bonchev–Trinajstić information content (AvgIpc) is 2.78. The number of likely N-dealkylation sites (N-methyl/N-ethyl adjacent to an activating group) is 1. The van der Waals surface area contributed by atoms with Gasteiger partial charge in [0.1, 0.15) is 17.4 Å². The van der Waals surface area contributed by atoms with Crippen molar-refractivity contribution in [2.45, 2.75) is 51.7 Å². The Hall–Kier alpha value is -2.86. The van der Waals surface area contributed by atoms with E-state index in [9.17, 15) is 9.59 Å². The first-order valence-electron chi connectivity index (χ1n) is 11.0. The predicted octanol–water partition coefficient (Wildman–Crippen LogP) is 4.70. The number of allylic oxidation sites excluding steroid dienone is 3. The van der Waals surface area contributed by atoms with Crippen LogP contribution in [0, 0.1) is 5.92 Å². The minimum absolute atomic E-state index is 0.0650. The molecule has 0 aliphatic carbocycles. The van der Waals surface area contributed by atoms with E-state index in [2.05, 4.69) is 19.1 Å². The van der Waals surface area contributed by atoms with Gasteiger partial charge in [-0.25, -0.2) is 4.79 Å². The number of hydrogen-bond donors (Lipinski definition) is 0. The highest BCUT2D eigenvalue weighted by Gasteiger charge is 2.26. The summed E-state index contributed by atoms with van der Waals surface area (Å²) in [7, 11) is 4.93. The first-order chi connectivity index (χ1) is 15.4. The Kier molecular flexibility index (Phi) is 10.2. The zero-order valence-electron chi connectivity index (χ0n) is 19.7. The van der Waals surface area contributed by atoms with Gasteiger partial charge in [0, 0.05) is 33.2 Å². The topological polar surface area (TPSA) is 65.1 Å². The molecule has 0 radical (unpaired) electrons. The highest BCUT2D eigenvalue weighted by atomic mass is 16.5. The molecule has 1 aliphatic heterocycles. The molecule has 32 heavy (non-hydrogen) atoms. The lowest BCUT2D eigenvalue weighted by Crippen LogP contribution is -2.29. The minimum Gasteiger partial charge on any atom is -0.496 e. The monoisotopic (exact) mass is 441 g/mol. The van der Waals surface area contributed by atoms with Gasteiger partial charge in [0.05, 0.1) is 13.2 Å². The van der Waals surface area contributed by atoms with Crippen LogP contribution in [0.5, 0.6) is 5.75 Å². The third-order valence-corrected chi connectivity index (χ3v) is 5.64. The summed E-state index contributed by atoms with van der Waals surface area (Å²) >= 11 is 0. The molecule has 174 valence electrons. The number of nitrogens with zero attached hydrogens (tertiary/aromatic N) is 1. The van der Waals surface area contributed by atoms with Crippen LogP contribution in [0.15, 0.2) is 54.8 Å². The van der Waals surface area contributed by atoms with Crippen LogP contribution < -0.4 is 4.74 Å². The molecule has 2 rings (SSSR count). The number of ether oxygens (including phenoxy) is 3. The van der Waals surface area contributed by atoms with E-state index in [1.54, 1.807) is 46.5 Å². The maximum Gasteiger partial charge on any atom is 0.342 e. The van der Waals surface area contributed by atoms with Crippen molar-refractivity contribution in [3.8, 4) is 5.75 Å². The Morgan fingerprint density at radius 1 is 1.28 bits per heavy atom. The summed E-state index contributed by atoms with van der Waals surface area (Å²) in [6, 6.07) is 5.58. The number of cyclic esters (lactones) is 1. The number of benzene rings is 1. The van der Waals surface area contributed by atoms with E-state index in [1.807, 2.05) is 18.2 Å². The molecule has 1 heterocycles. The van der Waals surface area contributed by atoms with Gasteiger partial charge in [-0.3, -0.25) is 4.79 Å². The molecule has 0 N–H and O–H groups in total. The first kappa shape index (κ1) is 25.4. The van der Waals surface area contributed by atoms with Crippen LogP contribution in [-0.2, 0) is 20.7 Å². The van der Waals surface area contributed by atoms with Crippen LogP contribution in [-0.4, -0.2) is 50.3 Å². The number of carbonyl (C=O) groups excluding carboxylic acids is 2. The number of rotatable bonds is 6. The Morgan fingerprint density at radius 2 is 2.06 bits per heavy atom. The molecule has 0 aromatic heterocycles. The summed E-state index contributed by atoms with van der Waals surface area (Å²) in [6.45, 7) is 3.94. The third kappa shape index (κ3) is 7.09. The van der Waals surface area contributed by atoms with E-state index >= 15 is 0 Å². The van der Waals surface area contributed by atoms with Crippen LogP contribution in [0.1, 0.15) is 49.0 Å². The SMILES string of the molecule is C/C=C\C(=O)N(C)/C=C/CC1CC(OC)C(C)C/C=C/Cc2cccc(OC)c2C(=O)O1. The van der Waals surface area contributed by atoms with Crippen LogP contribution >= 0.6 is 0 Å². The molecule has 3 atom stereocenters. The lowest BCUT2D eigenvalue weighted by molar-refractivity contribution is -0.122. The number of fused-ring (bicyclic) bond motifs is 1. The summed E-state index contributed by atoms with van der Waals surface area (Å²) in [5.74, 6) is 0.240. The predicted molar refractivity (Wildman–Crippen MR) is 126 cm³/mol. The number of hydrogen-bond acceptors (Lipinski definition) is 5. The van der Waals surface area contributed by atoms with Crippen LogP contribution in [0.4, 0.5) is 0 Å². The zero-order chi connectivity index (χ0) is 23.5. The Bertz CT molecular complexity index is 858. The van der Waals surface area contributed by atoms with E-state index in [1.165, 1.54) is 11.0 Å². The van der Waals surface area contributed by atoms with Gasteiger partial charge < -0.3 is 19.1 Å². The average molecular weight is 442 g/mol. The summed E-state index contributed by atoms with van der Waals surface area (Å²) in [5, 5.41) is 0. The molecule has 1 aromatic carbocycles. The fraction of sp³-hybridized carbons (Fsp3) is 0.462. The van der Waals surface area contributed by atoms with Gasteiger partial charge >= 0.3 is 5.97 Å². The third-order valence-electron chi connectivity index (χ3n) is 5.64. The normalized spacial score (nSPS) is 23.2. The lowest BCUT2D eigenvalue weighted by Gasteiger charge is -2.27. The highest BCUT2D eigenvalue weighted by molar-refractivity contribution is 5.94. The minimum atomic E-state index is -0.411. The van der Waals surface area contributed by atoms with Crippen molar-refractivity contribution < 1.29 is 23.8 Å². The summed E-state index contributed by atoms with van der Waals surface area (Å²) in [4.78, 5) is 26.7. The second-order valence-corrected chi connectivity index (χ2v) is 7.99. The fourth-order valence-electron chi connectivity index (χ4n) is 3.75. The van der Waals surface area contributed by atoms with Crippen molar-refractivity contribution >= 4 is 11.9 Å². The highest BCUT2D eigenvalue weighted by Crippen LogP contribution is 2.27. The van der Waals surface area contributed by atoms with Gasteiger partial charge in [0.25, 0.3) is 0 Å². The first-order valence-corrected chi connectivity index (χ1v) is 11.0. The van der Waals surface area contributed by atoms with Gasteiger partial charge in [-0.15, -0.1) is 0 Å². The molecule has 0 fully saturated rings. The maximum absolute atomic E-state index is 13.2. The maximum atomic E-state index is 13.2. The van der Waals surface area contributed by atoms with Gasteiger partial charge in [0.15, 0.2) is 0 Å². The van der Waals surface area contributed by atoms with Crippen molar-refractivity contribution in [2.24, 2.45) is 5.92 Å². The number of carbonyl (C=O) groups is 2. The number of esters is 1. The second-order valence-electron chi connectivity index (χ2n) is 7.99. The van der Waals surface area contributed by atoms with E-state index in [0.717, 1.165) is 12.0 Å². The molecule has 6 heteroatoms. The van der Waals surface area contributed by atoms with Crippen LogP contribution in [0.25, 0.3) is 0 Å². The second kappa shape index (κ2) is 12.9. The van der Waals surface area contributed by atoms with E-state index in [4.69, 9.17) is 14.2 Å². The molecule has 0 saturated carbocycles. The molecule has 0 spiro atoms. The van der Waals surface area contributed by atoms with Crippen molar-refractivity contribution in [3.63, 3.8) is 0 Å².